The zero-order valence-electron chi connectivity index (χ0n) is 11.0. The molecule has 102 valence electrons. The van der Waals surface area contributed by atoms with Crippen LogP contribution in [-0.4, -0.2) is 42.6 Å². The molecule has 18 heavy (non-hydrogen) atoms. The molecule has 0 bridgehead atoms. The van der Waals surface area contributed by atoms with Crippen LogP contribution in [0.15, 0.2) is 12.7 Å². The van der Waals surface area contributed by atoms with Crippen LogP contribution in [0.25, 0.3) is 0 Å². The molecule has 0 spiro atoms. The van der Waals surface area contributed by atoms with E-state index in [1.165, 1.54) is 6.08 Å². The van der Waals surface area contributed by atoms with Gasteiger partial charge in [-0.05, 0) is 12.8 Å². The van der Waals surface area contributed by atoms with Gasteiger partial charge in [-0.15, -0.1) is 0 Å². The van der Waals surface area contributed by atoms with Gasteiger partial charge in [-0.1, -0.05) is 26.0 Å². The minimum Gasteiger partial charge on any atom is -0.445 e. The van der Waals surface area contributed by atoms with E-state index >= 15 is 0 Å². The Morgan fingerprint density at radius 3 is 3.00 bits per heavy atom. The second kappa shape index (κ2) is 7.74. The van der Waals surface area contributed by atoms with Gasteiger partial charge in [0.2, 0.25) is 5.91 Å². The third-order valence-electron chi connectivity index (χ3n) is 2.89. The maximum atomic E-state index is 11.6. The molecule has 1 atom stereocenters. The van der Waals surface area contributed by atoms with Crippen molar-refractivity contribution in [1.82, 2.24) is 10.2 Å². The molecule has 1 heterocycles. The van der Waals surface area contributed by atoms with E-state index in [1.54, 1.807) is 4.90 Å². The Balaban J connectivity index is 2.26. The average molecular weight is 254 g/mol. The highest BCUT2D eigenvalue weighted by Gasteiger charge is 2.27. The van der Waals surface area contributed by atoms with E-state index in [0.717, 1.165) is 19.3 Å². The summed E-state index contributed by atoms with van der Waals surface area (Å²) in [5.74, 6) is 0.0724. The van der Waals surface area contributed by atoms with E-state index in [0.29, 0.717) is 19.5 Å². The highest BCUT2D eigenvalue weighted by atomic mass is 16.6. The Morgan fingerprint density at radius 2 is 2.33 bits per heavy atom. The van der Waals surface area contributed by atoms with Crippen molar-refractivity contribution in [2.45, 2.75) is 38.6 Å². The van der Waals surface area contributed by atoms with Crippen molar-refractivity contribution in [2.75, 3.05) is 19.7 Å². The first-order chi connectivity index (χ1) is 8.67. The maximum Gasteiger partial charge on any atom is 0.410 e. The second-order valence-corrected chi connectivity index (χ2v) is 4.47. The fourth-order valence-corrected chi connectivity index (χ4v) is 1.90. The van der Waals surface area contributed by atoms with E-state index in [2.05, 4.69) is 18.8 Å². The van der Waals surface area contributed by atoms with Crippen LogP contribution in [0.5, 0.6) is 0 Å². The largest absolute Gasteiger partial charge is 0.445 e. The van der Waals surface area contributed by atoms with Gasteiger partial charge in [-0.2, -0.15) is 0 Å². The van der Waals surface area contributed by atoms with Crippen molar-refractivity contribution in [3.05, 3.63) is 12.7 Å². The third kappa shape index (κ3) is 4.77. The van der Waals surface area contributed by atoms with Crippen LogP contribution >= 0.6 is 0 Å². The Bertz CT molecular complexity index is 305. The number of hydrogen-bond acceptors (Lipinski definition) is 3. The van der Waals surface area contributed by atoms with Crippen LogP contribution in [-0.2, 0) is 9.53 Å². The summed E-state index contributed by atoms with van der Waals surface area (Å²) in [4.78, 5) is 24.7. The summed E-state index contributed by atoms with van der Waals surface area (Å²) in [7, 11) is 0. The molecular weight excluding hydrogens is 232 g/mol. The zero-order chi connectivity index (χ0) is 13.4. The molecule has 0 radical (unpaired) electrons. The van der Waals surface area contributed by atoms with Crippen molar-refractivity contribution in [3.63, 3.8) is 0 Å². The van der Waals surface area contributed by atoms with Crippen molar-refractivity contribution in [3.8, 4) is 0 Å². The summed E-state index contributed by atoms with van der Waals surface area (Å²) in [6.45, 7) is 6.94. The van der Waals surface area contributed by atoms with E-state index in [1.807, 2.05) is 0 Å². The van der Waals surface area contributed by atoms with Crippen LogP contribution in [0.3, 0.4) is 0 Å². The molecule has 1 unspecified atom stereocenters. The van der Waals surface area contributed by atoms with Gasteiger partial charge in [0.05, 0.1) is 0 Å². The number of likely N-dealkylation sites (tertiary alicyclic amines) is 1. The normalized spacial score (nSPS) is 18.5. The summed E-state index contributed by atoms with van der Waals surface area (Å²) in [6.07, 6.45) is 4.48. The minimum atomic E-state index is -0.333. The van der Waals surface area contributed by atoms with E-state index in [4.69, 9.17) is 4.74 Å². The molecule has 1 N–H and O–H groups in total. The molecule has 1 saturated heterocycles. The van der Waals surface area contributed by atoms with E-state index < -0.39 is 0 Å². The van der Waals surface area contributed by atoms with Crippen LogP contribution in [0.1, 0.15) is 32.6 Å². The second-order valence-electron chi connectivity index (χ2n) is 4.47. The Hall–Kier alpha value is -1.52. The summed E-state index contributed by atoms with van der Waals surface area (Å²) in [6, 6.07) is 0.0608. The van der Waals surface area contributed by atoms with Gasteiger partial charge >= 0.3 is 6.09 Å². The van der Waals surface area contributed by atoms with Gasteiger partial charge in [0, 0.05) is 25.6 Å². The van der Waals surface area contributed by atoms with Gasteiger partial charge in [0.15, 0.2) is 0 Å². The summed E-state index contributed by atoms with van der Waals surface area (Å²) >= 11 is 0. The summed E-state index contributed by atoms with van der Waals surface area (Å²) in [5, 5.41) is 2.95. The van der Waals surface area contributed by atoms with Crippen molar-refractivity contribution in [1.29, 1.82) is 0 Å². The number of carbonyl (C=O) groups is 2. The predicted molar refractivity (Wildman–Crippen MR) is 69.2 cm³/mol. The average Bonchev–Trinajstić information content (AvgIpc) is 2.82. The fourth-order valence-electron chi connectivity index (χ4n) is 1.90. The molecule has 2 amide bonds. The Labute approximate surface area is 108 Å². The number of nitrogens with one attached hydrogen (secondary N) is 1. The lowest BCUT2D eigenvalue weighted by Crippen LogP contribution is -2.38. The Kier molecular flexibility index (Phi) is 6.25. The lowest BCUT2D eigenvalue weighted by Gasteiger charge is -2.16. The maximum absolute atomic E-state index is 11.6. The van der Waals surface area contributed by atoms with Crippen molar-refractivity contribution < 1.29 is 14.3 Å². The van der Waals surface area contributed by atoms with Gasteiger partial charge in [-0.25, -0.2) is 4.79 Å². The van der Waals surface area contributed by atoms with E-state index in [-0.39, 0.29) is 24.6 Å². The molecule has 0 saturated carbocycles. The van der Waals surface area contributed by atoms with Gasteiger partial charge in [0.25, 0.3) is 0 Å². The van der Waals surface area contributed by atoms with Gasteiger partial charge < -0.3 is 15.0 Å². The van der Waals surface area contributed by atoms with E-state index in [9.17, 15) is 9.59 Å². The first-order valence-electron chi connectivity index (χ1n) is 6.49. The van der Waals surface area contributed by atoms with Crippen LogP contribution < -0.4 is 5.32 Å². The van der Waals surface area contributed by atoms with Gasteiger partial charge in [-0.3, -0.25) is 4.79 Å². The Morgan fingerprint density at radius 1 is 1.56 bits per heavy atom. The molecule has 1 fully saturated rings. The molecule has 1 aliphatic heterocycles. The monoisotopic (exact) mass is 254 g/mol. The zero-order valence-corrected chi connectivity index (χ0v) is 11.0. The standard InChI is InChI=1S/C13H22N2O3/c1-3-5-6-12(16)14-11-7-8-15(10-11)13(17)18-9-4-2/h4,11H,2-3,5-10H2,1H3,(H,14,16). The molecule has 0 aliphatic carbocycles. The van der Waals surface area contributed by atoms with Crippen LogP contribution in [0, 0.1) is 0 Å². The van der Waals surface area contributed by atoms with Crippen LogP contribution in [0.2, 0.25) is 0 Å². The summed E-state index contributed by atoms with van der Waals surface area (Å²) in [5.41, 5.74) is 0. The minimum absolute atomic E-state index is 0.0608. The smallest absolute Gasteiger partial charge is 0.410 e. The fraction of sp³-hybridized carbons (Fsp3) is 0.692. The highest BCUT2D eigenvalue weighted by molar-refractivity contribution is 5.76. The van der Waals surface area contributed by atoms with Crippen molar-refractivity contribution >= 4 is 12.0 Å². The number of amides is 2. The first kappa shape index (κ1) is 14.5. The number of unbranched alkanes of at least 4 members (excludes halogenated alkanes) is 1. The SMILES string of the molecule is C=CCOC(=O)N1CCC(NC(=O)CCCC)C1. The lowest BCUT2D eigenvalue weighted by molar-refractivity contribution is -0.121. The highest BCUT2D eigenvalue weighted by Crippen LogP contribution is 2.11. The number of carbonyl (C=O) groups excluding carboxylic acids is 2. The molecular formula is C13H22N2O3. The predicted octanol–water partition coefficient (Wildman–Crippen LogP) is 1.69. The molecule has 5 nitrogen and oxygen atoms in total. The number of hydrogen-bond donors (Lipinski definition) is 1. The lowest BCUT2D eigenvalue weighted by atomic mass is 10.2. The number of rotatable bonds is 6. The quantitative estimate of drug-likeness (QED) is 0.734. The topological polar surface area (TPSA) is 58.6 Å². The number of ether oxygens (including phenoxy) is 1. The van der Waals surface area contributed by atoms with Crippen LogP contribution in [0.4, 0.5) is 4.79 Å². The molecule has 0 aromatic carbocycles. The first-order valence-corrected chi connectivity index (χ1v) is 6.49. The van der Waals surface area contributed by atoms with Gasteiger partial charge in [0.1, 0.15) is 6.61 Å². The van der Waals surface area contributed by atoms with Crippen molar-refractivity contribution in [2.24, 2.45) is 0 Å². The molecule has 1 aliphatic rings. The third-order valence-corrected chi connectivity index (χ3v) is 2.89. The molecule has 5 heteroatoms. The summed E-state index contributed by atoms with van der Waals surface area (Å²) < 4.78 is 4.95. The number of nitrogens with zero attached hydrogens (tertiary/aromatic N) is 1. The molecule has 0 aromatic rings. The molecule has 0 aromatic heterocycles. The molecule has 1 rings (SSSR count).